The van der Waals surface area contributed by atoms with Crippen LogP contribution in [-0.4, -0.2) is 24.2 Å². The van der Waals surface area contributed by atoms with Gasteiger partial charge in [0.2, 0.25) is 0 Å². The van der Waals surface area contributed by atoms with Crippen molar-refractivity contribution in [3.05, 3.63) is 34.1 Å². The van der Waals surface area contributed by atoms with Gasteiger partial charge in [-0.05, 0) is 24.6 Å². The van der Waals surface area contributed by atoms with Crippen molar-refractivity contribution in [2.45, 2.75) is 6.42 Å². The lowest BCUT2D eigenvalue weighted by atomic mass is 10.2. The topological polar surface area (TPSA) is 49.3 Å². The monoisotopic (exact) mass is 275 g/mol. The van der Waals surface area contributed by atoms with E-state index in [1.165, 1.54) is 12.1 Å². The minimum absolute atomic E-state index is 0.00308. The highest BCUT2D eigenvalue weighted by Gasteiger charge is 2.10. The highest BCUT2D eigenvalue weighted by Crippen LogP contribution is 2.14. The summed E-state index contributed by atoms with van der Waals surface area (Å²) in [5.74, 6) is -1.03. The maximum Gasteiger partial charge on any atom is 0.254 e. The average Bonchev–Trinajstić information content (AvgIpc) is 2.17. The summed E-state index contributed by atoms with van der Waals surface area (Å²) >= 11 is 3.10. The second kappa shape index (κ2) is 5.82. The standard InChI is InChI=1S/C10H11BrFNO2/c11-7-2-3-8(9(12)6-7)10(15)13-4-1-5-14/h2-3,6,14H,1,4-5H2,(H,13,15). The fourth-order valence-corrected chi connectivity index (χ4v) is 1.38. The van der Waals surface area contributed by atoms with E-state index >= 15 is 0 Å². The second-order valence-electron chi connectivity index (χ2n) is 2.96. The molecular formula is C10H11BrFNO2. The largest absolute Gasteiger partial charge is 0.396 e. The highest BCUT2D eigenvalue weighted by atomic mass is 79.9. The van der Waals surface area contributed by atoms with E-state index in [-0.39, 0.29) is 12.2 Å². The summed E-state index contributed by atoms with van der Waals surface area (Å²) in [4.78, 5) is 11.4. The molecule has 5 heteroatoms. The molecule has 1 amide bonds. The maximum absolute atomic E-state index is 13.3. The van der Waals surface area contributed by atoms with E-state index < -0.39 is 11.7 Å². The van der Waals surface area contributed by atoms with Gasteiger partial charge in [-0.3, -0.25) is 4.79 Å². The van der Waals surface area contributed by atoms with Gasteiger partial charge in [0, 0.05) is 17.6 Å². The molecule has 0 saturated carbocycles. The molecule has 3 nitrogen and oxygen atoms in total. The molecule has 0 heterocycles. The van der Waals surface area contributed by atoms with E-state index in [1.807, 2.05) is 0 Å². The maximum atomic E-state index is 13.3. The van der Waals surface area contributed by atoms with Crippen LogP contribution in [0, 0.1) is 5.82 Å². The Morgan fingerprint density at radius 2 is 2.27 bits per heavy atom. The first-order valence-corrected chi connectivity index (χ1v) is 5.28. The van der Waals surface area contributed by atoms with Crippen LogP contribution in [0.3, 0.4) is 0 Å². The number of carbonyl (C=O) groups excluding carboxylic acids is 1. The zero-order valence-electron chi connectivity index (χ0n) is 7.96. The van der Waals surface area contributed by atoms with Gasteiger partial charge in [-0.2, -0.15) is 0 Å². The minimum Gasteiger partial charge on any atom is -0.396 e. The Labute approximate surface area is 95.4 Å². The Balaban J connectivity index is 2.65. The van der Waals surface area contributed by atoms with E-state index in [0.717, 1.165) is 0 Å². The van der Waals surface area contributed by atoms with Crippen LogP contribution in [0.5, 0.6) is 0 Å². The van der Waals surface area contributed by atoms with Crippen LogP contribution in [0.25, 0.3) is 0 Å². The van der Waals surface area contributed by atoms with Crippen molar-refractivity contribution >= 4 is 21.8 Å². The van der Waals surface area contributed by atoms with Crippen LogP contribution in [0.15, 0.2) is 22.7 Å². The fraction of sp³-hybridized carbons (Fsp3) is 0.300. The number of nitrogens with one attached hydrogen (secondary N) is 1. The van der Waals surface area contributed by atoms with E-state index in [2.05, 4.69) is 21.2 Å². The van der Waals surface area contributed by atoms with Crippen LogP contribution in [0.1, 0.15) is 16.8 Å². The summed E-state index contributed by atoms with van der Waals surface area (Å²) in [6.45, 7) is 0.341. The minimum atomic E-state index is -0.564. The lowest BCUT2D eigenvalue weighted by Gasteiger charge is -2.05. The van der Waals surface area contributed by atoms with Crippen molar-refractivity contribution in [2.75, 3.05) is 13.2 Å². The molecule has 0 bridgehead atoms. The third-order valence-electron chi connectivity index (χ3n) is 1.80. The Morgan fingerprint density at radius 3 is 2.87 bits per heavy atom. The van der Waals surface area contributed by atoms with E-state index in [0.29, 0.717) is 17.4 Å². The highest BCUT2D eigenvalue weighted by molar-refractivity contribution is 9.10. The van der Waals surface area contributed by atoms with Crippen LogP contribution < -0.4 is 5.32 Å². The van der Waals surface area contributed by atoms with Gasteiger partial charge >= 0.3 is 0 Å². The molecule has 0 aliphatic carbocycles. The molecule has 15 heavy (non-hydrogen) atoms. The zero-order valence-corrected chi connectivity index (χ0v) is 9.55. The van der Waals surface area contributed by atoms with Gasteiger partial charge < -0.3 is 10.4 Å². The van der Waals surface area contributed by atoms with Crippen LogP contribution in [0.4, 0.5) is 4.39 Å². The summed E-state index contributed by atoms with van der Waals surface area (Å²) in [6, 6.07) is 4.25. The summed E-state index contributed by atoms with van der Waals surface area (Å²) in [5, 5.41) is 11.0. The van der Waals surface area contributed by atoms with Gasteiger partial charge in [-0.1, -0.05) is 15.9 Å². The van der Waals surface area contributed by atoms with Gasteiger partial charge in [-0.25, -0.2) is 4.39 Å². The molecule has 0 saturated heterocycles. The molecule has 0 unspecified atom stereocenters. The van der Waals surface area contributed by atoms with Gasteiger partial charge in [0.05, 0.1) is 5.56 Å². The fourth-order valence-electron chi connectivity index (χ4n) is 1.05. The molecule has 0 aromatic heterocycles. The van der Waals surface area contributed by atoms with E-state index in [4.69, 9.17) is 5.11 Å². The van der Waals surface area contributed by atoms with Crippen molar-refractivity contribution < 1.29 is 14.3 Å². The molecule has 0 aliphatic rings. The normalized spacial score (nSPS) is 10.1. The quantitative estimate of drug-likeness (QED) is 0.822. The number of amides is 1. The van der Waals surface area contributed by atoms with Crippen LogP contribution in [-0.2, 0) is 0 Å². The molecule has 0 fully saturated rings. The third-order valence-corrected chi connectivity index (χ3v) is 2.29. The number of hydrogen-bond acceptors (Lipinski definition) is 2. The molecule has 0 radical (unpaired) electrons. The first kappa shape index (κ1) is 12.1. The Hall–Kier alpha value is -0.940. The van der Waals surface area contributed by atoms with Crippen LogP contribution in [0.2, 0.25) is 0 Å². The lowest BCUT2D eigenvalue weighted by Crippen LogP contribution is -2.25. The molecule has 1 aromatic rings. The van der Waals surface area contributed by atoms with Crippen molar-refractivity contribution in [1.29, 1.82) is 0 Å². The molecule has 0 aliphatic heterocycles. The third kappa shape index (κ3) is 3.60. The predicted octanol–water partition coefficient (Wildman–Crippen LogP) is 1.70. The SMILES string of the molecule is O=C(NCCCO)c1ccc(Br)cc1F. The Morgan fingerprint density at radius 1 is 1.53 bits per heavy atom. The van der Waals surface area contributed by atoms with Crippen molar-refractivity contribution in [3.63, 3.8) is 0 Å². The Bertz CT molecular complexity index is 357. The van der Waals surface area contributed by atoms with E-state index in [9.17, 15) is 9.18 Å². The van der Waals surface area contributed by atoms with Crippen LogP contribution >= 0.6 is 15.9 Å². The molecule has 1 rings (SSSR count). The average molecular weight is 276 g/mol. The number of hydrogen-bond donors (Lipinski definition) is 2. The molecule has 2 N–H and O–H groups in total. The molecule has 0 spiro atoms. The molecule has 1 aromatic carbocycles. The molecular weight excluding hydrogens is 265 g/mol. The number of aliphatic hydroxyl groups excluding tert-OH is 1. The predicted molar refractivity (Wildman–Crippen MR) is 58.1 cm³/mol. The van der Waals surface area contributed by atoms with Gasteiger partial charge in [0.15, 0.2) is 0 Å². The smallest absolute Gasteiger partial charge is 0.254 e. The summed E-state index contributed by atoms with van der Waals surface area (Å²) in [5.41, 5.74) is 0.0103. The van der Waals surface area contributed by atoms with E-state index in [1.54, 1.807) is 6.07 Å². The summed E-state index contributed by atoms with van der Waals surface area (Å²) < 4.78 is 13.9. The molecule has 0 atom stereocenters. The zero-order chi connectivity index (χ0) is 11.3. The number of benzene rings is 1. The van der Waals surface area contributed by atoms with Crippen molar-refractivity contribution in [3.8, 4) is 0 Å². The molecule has 82 valence electrons. The first-order chi connectivity index (χ1) is 7.15. The van der Waals surface area contributed by atoms with Crippen molar-refractivity contribution in [2.24, 2.45) is 0 Å². The lowest BCUT2D eigenvalue weighted by molar-refractivity contribution is 0.0947. The summed E-state index contributed by atoms with van der Waals surface area (Å²) in [6.07, 6.45) is 0.462. The number of aliphatic hydroxyl groups is 1. The van der Waals surface area contributed by atoms with Gasteiger partial charge in [0.25, 0.3) is 5.91 Å². The Kier molecular flexibility index (Phi) is 4.71. The second-order valence-corrected chi connectivity index (χ2v) is 3.87. The number of carbonyl (C=O) groups is 1. The first-order valence-electron chi connectivity index (χ1n) is 4.49. The van der Waals surface area contributed by atoms with Crippen molar-refractivity contribution in [1.82, 2.24) is 5.32 Å². The van der Waals surface area contributed by atoms with Gasteiger partial charge in [-0.15, -0.1) is 0 Å². The summed E-state index contributed by atoms with van der Waals surface area (Å²) in [7, 11) is 0. The number of halogens is 2. The van der Waals surface area contributed by atoms with Gasteiger partial charge in [0.1, 0.15) is 5.82 Å². The number of rotatable bonds is 4.